The molecule has 2 aromatic heterocycles. The zero-order valence-electron chi connectivity index (χ0n) is 19.8. The number of likely N-dealkylation sites (N-methyl/N-ethyl adjacent to an activating group) is 1. The average Bonchev–Trinajstić information content (AvgIpc) is 3.50. The predicted molar refractivity (Wildman–Crippen MR) is 132 cm³/mol. The second-order valence-corrected chi connectivity index (χ2v) is 8.59. The maximum Gasteiger partial charge on any atom is 0.226 e. The number of imidazole rings is 1. The third-order valence-corrected chi connectivity index (χ3v) is 6.62. The van der Waals surface area contributed by atoms with Crippen LogP contribution in [0.4, 0.5) is 11.8 Å². The lowest BCUT2D eigenvalue weighted by Gasteiger charge is -2.23. The van der Waals surface area contributed by atoms with Crippen LogP contribution in [0.5, 0.6) is 0 Å². The molecule has 32 heavy (non-hydrogen) atoms. The first-order chi connectivity index (χ1) is 15.7. The minimum absolute atomic E-state index is 0.496. The summed E-state index contributed by atoms with van der Waals surface area (Å²) < 4.78 is 2.29. The van der Waals surface area contributed by atoms with E-state index >= 15 is 0 Å². The highest BCUT2D eigenvalue weighted by molar-refractivity contribution is 5.85. The van der Waals surface area contributed by atoms with Gasteiger partial charge in [-0.1, -0.05) is 57.0 Å². The van der Waals surface area contributed by atoms with Crippen molar-refractivity contribution in [2.45, 2.75) is 59.0 Å². The lowest BCUT2D eigenvalue weighted by molar-refractivity contribution is 0.316. The Bertz CT molecular complexity index is 975. The number of hydrogen-bond acceptors (Lipinski definition) is 6. The van der Waals surface area contributed by atoms with Crippen molar-refractivity contribution in [3.05, 3.63) is 42.2 Å². The van der Waals surface area contributed by atoms with E-state index in [0.29, 0.717) is 12.0 Å². The number of benzene rings is 1. The molecule has 2 heterocycles. The third-order valence-electron chi connectivity index (χ3n) is 6.62. The van der Waals surface area contributed by atoms with E-state index in [1.807, 2.05) is 6.33 Å². The van der Waals surface area contributed by atoms with Crippen LogP contribution in [0.15, 0.2) is 36.7 Å². The highest BCUT2D eigenvalue weighted by atomic mass is 15.3. The number of nitrogens with one attached hydrogen (secondary N) is 1. The van der Waals surface area contributed by atoms with Crippen molar-refractivity contribution in [2.24, 2.45) is 0 Å². The van der Waals surface area contributed by atoms with Crippen molar-refractivity contribution in [3.63, 3.8) is 0 Å². The Hall–Kier alpha value is -2.67. The van der Waals surface area contributed by atoms with Gasteiger partial charge >= 0.3 is 0 Å². The average molecular weight is 436 g/mol. The summed E-state index contributed by atoms with van der Waals surface area (Å²) in [5, 5.41) is 3.50. The summed E-state index contributed by atoms with van der Waals surface area (Å²) in [7, 11) is 0. The second kappa shape index (κ2) is 10.8. The van der Waals surface area contributed by atoms with Gasteiger partial charge in [-0.15, -0.1) is 0 Å². The van der Waals surface area contributed by atoms with Gasteiger partial charge in [-0.05, 0) is 38.4 Å². The van der Waals surface area contributed by atoms with Gasteiger partial charge in [0.2, 0.25) is 5.95 Å². The van der Waals surface area contributed by atoms with Crippen LogP contribution >= 0.6 is 0 Å². The van der Waals surface area contributed by atoms with Gasteiger partial charge in [0.05, 0.1) is 6.33 Å². The molecule has 7 nitrogen and oxygen atoms in total. The Morgan fingerprint density at radius 1 is 1.00 bits per heavy atom. The Morgan fingerprint density at radius 2 is 1.75 bits per heavy atom. The van der Waals surface area contributed by atoms with Crippen LogP contribution < -0.4 is 10.2 Å². The first-order valence-electron chi connectivity index (χ1n) is 12.2. The van der Waals surface area contributed by atoms with Crippen LogP contribution in [0, 0.1) is 0 Å². The summed E-state index contributed by atoms with van der Waals surface area (Å²) in [6.07, 6.45) is 6.96. The Labute approximate surface area is 191 Å². The fourth-order valence-electron chi connectivity index (χ4n) is 4.66. The topological polar surface area (TPSA) is 62.1 Å². The van der Waals surface area contributed by atoms with Crippen LogP contribution in [0.1, 0.15) is 58.1 Å². The first-order valence-corrected chi connectivity index (χ1v) is 12.2. The van der Waals surface area contributed by atoms with Crippen molar-refractivity contribution in [1.29, 1.82) is 0 Å². The molecule has 1 aromatic carbocycles. The molecule has 1 aliphatic rings. The predicted octanol–water partition coefficient (Wildman–Crippen LogP) is 4.72. The quantitative estimate of drug-likeness (QED) is 0.470. The fourth-order valence-corrected chi connectivity index (χ4v) is 4.66. The molecule has 0 radical (unpaired) electrons. The van der Waals surface area contributed by atoms with Crippen molar-refractivity contribution in [2.75, 3.05) is 42.9 Å². The molecule has 1 saturated carbocycles. The first kappa shape index (κ1) is 22.5. The lowest BCUT2D eigenvalue weighted by Crippen LogP contribution is -2.29. The van der Waals surface area contributed by atoms with Gasteiger partial charge < -0.3 is 19.7 Å². The van der Waals surface area contributed by atoms with E-state index in [2.05, 4.69) is 70.8 Å². The number of fused-ring (bicyclic) bond motifs is 1. The van der Waals surface area contributed by atoms with E-state index in [1.54, 1.807) is 0 Å². The molecule has 7 heteroatoms. The smallest absolute Gasteiger partial charge is 0.226 e. The molecule has 1 N–H and O–H groups in total. The highest BCUT2D eigenvalue weighted by Crippen LogP contribution is 2.34. The normalized spacial score (nSPS) is 14.5. The maximum atomic E-state index is 4.97. The Kier molecular flexibility index (Phi) is 7.58. The minimum atomic E-state index is 0.496. The van der Waals surface area contributed by atoms with E-state index < -0.39 is 0 Å². The molecule has 172 valence electrons. The van der Waals surface area contributed by atoms with Crippen LogP contribution in [0.25, 0.3) is 11.2 Å². The molecule has 0 aliphatic heterocycles. The van der Waals surface area contributed by atoms with Crippen LogP contribution in [-0.4, -0.2) is 57.1 Å². The number of nitrogens with zero attached hydrogens (tertiary/aromatic N) is 6. The van der Waals surface area contributed by atoms with Gasteiger partial charge in [0.25, 0.3) is 0 Å². The highest BCUT2D eigenvalue weighted by Gasteiger charge is 2.23. The summed E-state index contributed by atoms with van der Waals surface area (Å²) in [6.45, 7) is 12.2. The van der Waals surface area contributed by atoms with Crippen molar-refractivity contribution in [1.82, 2.24) is 24.4 Å². The van der Waals surface area contributed by atoms with Gasteiger partial charge in [0, 0.05) is 32.2 Å². The summed E-state index contributed by atoms with van der Waals surface area (Å²) in [5.41, 5.74) is 3.13. The van der Waals surface area contributed by atoms with Gasteiger partial charge in [-0.3, -0.25) is 0 Å². The maximum absolute atomic E-state index is 4.97. The summed E-state index contributed by atoms with van der Waals surface area (Å²) in [4.78, 5) is 19.4. The molecule has 0 unspecified atom stereocenters. The standard InChI is InChI=1S/C25H37N7/c1-4-30(5-2)17-16-26-25-28-23(31(6-3)18-20-12-8-7-9-13-20)22-24(29-25)32(19-27-22)21-14-10-11-15-21/h7-9,12-13,19,21H,4-6,10-11,14-18H2,1-3H3,(H,26,28,29). The fraction of sp³-hybridized carbons (Fsp3) is 0.560. The second-order valence-electron chi connectivity index (χ2n) is 8.59. The largest absolute Gasteiger partial charge is 0.353 e. The van der Waals surface area contributed by atoms with Crippen LogP contribution in [0.3, 0.4) is 0 Å². The van der Waals surface area contributed by atoms with E-state index in [1.165, 1.54) is 31.2 Å². The molecule has 1 aliphatic carbocycles. The molecule has 4 rings (SSSR count). The molecular formula is C25H37N7. The molecule has 1 fully saturated rings. The van der Waals surface area contributed by atoms with Crippen molar-refractivity contribution < 1.29 is 0 Å². The molecule has 0 bridgehead atoms. The zero-order chi connectivity index (χ0) is 22.3. The number of rotatable bonds is 11. The molecule has 0 spiro atoms. The minimum Gasteiger partial charge on any atom is -0.353 e. The Balaban J connectivity index is 1.67. The monoisotopic (exact) mass is 435 g/mol. The molecular weight excluding hydrogens is 398 g/mol. The zero-order valence-corrected chi connectivity index (χ0v) is 19.8. The summed E-state index contributed by atoms with van der Waals surface area (Å²) in [6, 6.07) is 11.1. The van der Waals surface area contributed by atoms with Gasteiger partial charge in [-0.2, -0.15) is 9.97 Å². The van der Waals surface area contributed by atoms with Crippen molar-refractivity contribution in [3.8, 4) is 0 Å². The molecule has 3 aromatic rings. The van der Waals surface area contributed by atoms with Gasteiger partial charge in [0.15, 0.2) is 17.0 Å². The van der Waals surface area contributed by atoms with Gasteiger partial charge in [0.1, 0.15) is 0 Å². The van der Waals surface area contributed by atoms with E-state index in [0.717, 1.165) is 56.3 Å². The molecule has 0 atom stereocenters. The van der Waals surface area contributed by atoms with Crippen molar-refractivity contribution >= 4 is 22.9 Å². The third kappa shape index (κ3) is 5.04. The van der Waals surface area contributed by atoms with Gasteiger partial charge in [-0.25, -0.2) is 4.98 Å². The van der Waals surface area contributed by atoms with E-state index in [4.69, 9.17) is 15.0 Å². The molecule has 0 saturated heterocycles. The molecule has 0 amide bonds. The van der Waals surface area contributed by atoms with Crippen LogP contribution in [0.2, 0.25) is 0 Å². The number of aromatic nitrogens is 4. The van der Waals surface area contributed by atoms with Crippen LogP contribution in [-0.2, 0) is 6.54 Å². The number of anilines is 2. The van der Waals surface area contributed by atoms with E-state index in [9.17, 15) is 0 Å². The lowest BCUT2D eigenvalue weighted by atomic mass is 10.2. The summed E-state index contributed by atoms with van der Waals surface area (Å²) in [5.74, 6) is 1.62. The SMILES string of the molecule is CCN(CC)CCNc1nc(N(CC)Cc2ccccc2)c2ncn(C3CCCC3)c2n1. The summed E-state index contributed by atoms with van der Waals surface area (Å²) >= 11 is 0. The number of hydrogen-bond donors (Lipinski definition) is 1. The Morgan fingerprint density at radius 3 is 2.44 bits per heavy atom. The van der Waals surface area contributed by atoms with E-state index in [-0.39, 0.29) is 0 Å².